The molecule has 1 heterocycles. The van der Waals surface area contributed by atoms with Crippen molar-refractivity contribution >= 4 is 41.4 Å². The second-order valence-corrected chi connectivity index (χ2v) is 7.44. The van der Waals surface area contributed by atoms with Crippen molar-refractivity contribution in [1.82, 2.24) is 15.5 Å². The number of alkyl carbamates (subject to hydrolysis) is 1. The van der Waals surface area contributed by atoms with E-state index < -0.39 is 24.1 Å². The number of esters is 2. The van der Waals surface area contributed by atoms with Crippen LogP contribution in [0.15, 0.2) is 38.9 Å². The first-order valence-electron chi connectivity index (χ1n) is 9.85. The zero-order valence-corrected chi connectivity index (χ0v) is 18.7. The van der Waals surface area contributed by atoms with Crippen molar-refractivity contribution in [2.45, 2.75) is 31.0 Å². The van der Waals surface area contributed by atoms with Crippen molar-refractivity contribution in [3.05, 3.63) is 24.3 Å². The molecule has 0 saturated carbocycles. The Hall–Kier alpha value is -3.65. The van der Waals surface area contributed by atoms with E-state index in [9.17, 15) is 14.4 Å². The minimum Gasteiger partial charge on any atom is -0.450 e. The number of amides is 1. The molecule has 0 aliphatic heterocycles. The van der Waals surface area contributed by atoms with Gasteiger partial charge >= 0.3 is 18.0 Å². The average Bonchev–Trinajstić information content (AvgIpc) is 3.25. The van der Waals surface area contributed by atoms with Crippen molar-refractivity contribution in [3.8, 4) is 11.5 Å². The molecule has 1 aromatic heterocycles. The highest BCUT2D eigenvalue weighted by atomic mass is 32.2. The predicted octanol–water partition coefficient (Wildman–Crippen LogP) is 0.657. The molecule has 178 valence electrons. The Bertz CT molecular complexity index is 975. The summed E-state index contributed by atoms with van der Waals surface area (Å²) in [6.07, 6.45) is 0.894. The largest absolute Gasteiger partial charge is 0.450 e. The minimum atomic E-state index is -1.23. The topological polar surface area (TPSA) is 211 Å². The van der Waals surface area contributed by atoms with Gasteiger partial charge in [-0.2, -0.15) is 0 Å². The summed E-state index contributed by atoms with van der Waals surface area (Å²) in [5, 5.41) is 10.2. The van der Waals surface area contributed by atoms with Crippen LogP contribution >= 0.6 is 11.8 Å². The van der Waals surface area contributed by atoms with E-state index in [-0.39, 0.29) is 36.0 Å². The fourth-order valence-corrected chi connectivity index (χ4v) is 2.72. The molecule has 0 saturated heterocycles. The summed E-state index contributed by atoms with van der Waals surface area (Å²) >= 11 is 0.886. The summed E-state index contributed by atoms with van der Waals surface area (Å²) in [6, 6.07) is 5.47. The lowest BCUT2D eigenvalue weighted by atomic mass is 10.2. The predicted molar refractivity (Wildman–Crippen MR) is 119 cm³/mol. The Morgan fingerprint density at radius 1 is 1.21 bits per heavy atom. The Labute approximate surface area is 193 Å². The molecule has 14 heteroatoms. The number of carbonyl (C=O) groups excluding carboxylic acids is 3. The fraction of sp³-hybridized carbons (Fsp3) is 0.368. The van der Waals surface area contributed by atoms with Gasteiger partial charge in [0, 0.05) is 12.1 Å². The van der Waals surface area contributed by atoms with Crippen molar-refractivity contribution < 1.29 is 28.3 Å². The maximum Gasteiger partial charge on any atom is 0.407 e. The molecular formula is C19H25N7O6S. The summed E-state index contributed by atoms with van der Waals surface area (Å²) in [4.78, 5) is 39.1. The number of nitrogens with one attached hydrogen (secondary N) is 1. The first kappa shape index (κ1) is 25.6. The van der Waals surface area contributed by atoms with Crippen LogP contribution in [0.5, 0.6) is 0 Å². The molecule has 0 aliphatic carbocycles. The smallest absolute Gasteiger partial charge is 0.407 e. The van der Waals surface area contributed by atoms with Crippen molar-refractivity contribution in [3.63, 3.8) is 0 Å². The van der Waals surface area contributed by atoms with Gasteiger partial charge in [0.2, 0.25) is 5.89 Å². The molecule has 2 rings (SSSR count). The van der Waals surface area contributed by atoms with Gasteiger partial charge in [-0.25, -0.2) is 14.6 Å². The number of hydrogen-bond donors (Lipinski definition) is 4. The van der Waals surface area contributed by atoms with Crippen molar-refractivity contribution in [2.24, 2.45) is 22.2 Å². The Balaban J connectivity index is 1.76. The van der Waals surface area contributed by atoms with Gasteiger partial charge in [-0.05, 0) is 30.7 Å². The van der Waals surface area contributed by atoms with Crippen LogP contribution in [0.1, 0.15) is 19.8 Å². The molecule has 1 unspecified atom stereocenters. The lowest BCUT2D eigenvalue weighted by Gasteiger charge is -2.11. The third-order valence-corrected chi connectivity index (χ3v) is 4.60. The van der Waals surface area contributed by atoms with Gasteiger partial charge < -0.3 is 36.4 Å². The summed E-state index contributed by atoms with van der Waals surface area (Å²) in [7, 11) is 0. The number of carbonyl (C=O) groups is 3. The molecule has 13 nitrogen and oxygen atoms in total. The second-order valence-electron chi connectivity index (χ2n) is 6.52. The number of guanidine groups is 1. The van der Waals surface area contributed by atoms with Gasteiger partial charge in [0.1, 0.15) is 11.8 Å². The molecule has 1 aromatic carbocycles. The third-order valence-electron chi connectivity index (χ3n) is 3.81. The molecule has 2 aromatic rings. The van der Waals surface area contributed by atoms with Crippen LogP contribution < -0.4 is 22.5 Å². The van der Waals surface area contributed by atoms with E-state index in [1.54, 1.807) is 24.3 Å². The number of aliphatic imine (C=N–C) groups is 1. The zero-order chi connectivity index (χ0) is 24.2. The van der Waals surface area contributed by atoms with Gasteiger partial charge in [0.25, 0.3) is 5.22 Å². The van der Waals surface area contributed by atoms with Gasteiger partial charge in [0.15, 0.2) is 5.96 Å². The van der Waals surface area contributed by atoms with E-state index in [1.807, 2.05) is 6.92 Å². The van der Waals surface area contributed by atoms with Gasteiger partial charge in [-0.3, -0.25) is 4.79 Å². The molecule has 0 aliphatic rings. The second kappa shape index (κ2) is 13.0. The number of ether oxygens (including phenoxy) is 2. The molecule has 0 spiro atoms. The molecule has 1 atom stereocenters. The fourth-order valence-electron chi connectivity index (χ4n) is 2.19. The number of benzene rings is 1. The zero-order valence-electron chi connectivity index (χ0n) is 17.9. The highest BCUT2D eigenvalue weighted by Gasteiger charge is 2.21. The van der Waals surface area contributed by atoms with Crippen LogP contribution in [0, 0.1) is 0 Å². The van der Waals surface area contributed by atoms with Crippen molar-refractivity contribution in [1.29, 1.82) is 0 Å². The summed E-state index contributed by atoms with van der Waals surface area (Å²) in [6.45, 7) is 1.98. The van der Waals surface area contributed by atoms with Crippen molar-refractivity contribution in [2.75, 3.05) is 18.9 Å². The van der Waals surface area contributed by atoms with Crippen LogP contribution in [0.3, 0.4) is 0 Å². The highest BCUT2D eigenvalue weighted by Crippen LogP contribution is 2.25. The third kappa shape index (κ3) is 9.16. The van der Waals surface area contributed by atoms with E-state index >= 15 is 0 Å². The number of unbranched alkanes of at least 4 members (excludes halogenated alkanes) is 1. The lowest BCUT2D eigenvalue weighted by Crippen LogP contribution is -2.44. The van der Waals surface area contributed by atoms with Gasteiger partial charge in [-0.1, -0.05) is 25.1 Å². The Morgan fingerprint density at radius 3 is 2.61 bits per heavy atom. The molecule has 1 amide bonds. The van der Waals surface area contributed by atoms with Gasteiger partial charge in [-0.15, -0.1) is 10.2 Å². The SMILES string of the molecule is CCCCOC(=O)NCC(N)C(=O)OC(=O)CSc1nnc(-c2ccc(N=C(N)N)cc2)o1. The maximum absolute atomic E-state index is 11.9. The van der Waals surface area contributed by atoms with E-state index in [2.05, 4.69) is 25.2 Å². The lowest BCUT2D eigenvalue weighted by molar-refractivity contribution is -0.158. The molecule has 33 heavy (non-hydrogen) atoms. The molecule has 7 N–H and O–H groups in total. The number of rotatable bonds is 11. The number of hydrogen-bond acceptors (Lipinski definition) is 11. The first-order chi connectivity index (χ1) is 15.8. The van der Waals surface area contributed by atoms with Crippen LogP contribution in [0.4, 0.5) is 10.5 Å². The average molecular weight is 480 g/mol. The molecule has 0 fully saturated rings. The van der Waals surface area contributed by atoms with Crippen LogP contribution in [0.25, 0.3) is 11.5 Å². The minimum absolute atomic E-state index is 0.0632. The van der Waals surface area contributed by atoms with E-state index in [1.165, 1.54) is 0 Å². The van der Waals surface area contributed by atoms with E-state index in [0.29, 0.717) is 11.3 Å². The Morgan fingerprint density at radius 2 is 1.94 bits per heavy atom. The van der Waals surface area contributed by atoms with E-state index in [4.69, 9.17) is 26.4 Å². The van der Waals surface area contributed by atoms with E-state index in [0.717, 1.165) is 24.6 Å². The molecular weight excluding hydrogens is 454 g/mol. The normalized spacial score (nSPS) is 11.3. The summed E-state index contributed by atoms with van der Waals surface area (Å²) in [5.41, 5.74) is 17.4. The molecule has 0 bridgehead atoms. The summed E-state index contributed by atoms with van der Waals surface area (Å²) in [5.74, 6) is -1.95. The highest BCUT2D eigenvalue weighted by molar-refractivity contribution is 7.99. The monoisotopic (exact) mass is 479 g/mol. The maximum atomic E-state index is 11.9. The Kier molecular flexibility index (Phi) is 10.1. The first-order valence-corrected chi connectivity index (χ1v) is 10.8. The summed E-state index contributed by atoms with van der Waals surface area (Å²) < 4.78 is 15.0. The van der Waals surface area contributed by atoms with Crippen LogP contribution in [-0.2, 0) is 19.1 Å². The van der Waals surface area contributed by atoms with Gasteiger partial charge in [0.05, 0.1) is 12.3 Å². The van der Waals surface area contributed by atoms with Crippen LogP contribution in [0.2, 0.25) is 0 Å². The van der Waals surface area contributed by atoms with Crippen LogP contribution in [-0.4, -0.2) is 59.1 Å². The number of aromatic nitrogens is 2. The number of nitrogens with zero attached hydrogens (tertiary/aromatic N) is 3. The quantitative estimate of drug-likeness (QED) is 0.0874. The number of nitrogens with two attached hydrogens (primary N) is 3. The molecule has 0 radical (unpaired) electrons. The number of thioether (sulfide) groups is 1. The standard InChI is InChI=1S/C19H25N7O6S/c1-2-3-8-30-18(29)23-9-13(20)16(28)31-14(27)10-33-19-26-25-15(32-19)11-4-6-12(7-5-11)24-17(21)22/h4-7,13H,2-3,8-10,20H2,1H3,(H,23,29)(H4,21,22,24).